The van der Waals surface area contributed by atoms with Crippen LogP contribution in [0.25, 0.3) is 0 Å². The standard InChI is InChI=1S/C29H27ClN2O7/c30-18-4-1-16(2-5-18)13-31-27(34)12-20-11-22-21-10-19(6-8-23(21)39-28(22)26(14-33)38-20)32-29(35)17-3-7-24-25(9-17)37-15-36-24/h1-10,20,22,26,28,33H,11-15H2,(H,31,34)(H,32,35)/t20-,22+,26+,28-/m1/s1. The minimum atomic E-state index is -0.572. The van der Waals surface area contributed by atoms with E-state index in [1.165, 1.54) is 0 Å². The lowest BCUT2D eigenvalue weighted by atomic mass is 9.84. The molecular formula is C29H27ClN2O7. The molecule has 6 rings (SSSR count). The van der Waals surface area contributed by atoms with Crippen molar-refractivity contribution in [3.63, 3.8) is 0 Å². The molecule has 1 fully saturated rings. The van der Waals surface area contributed by atoms with Crippen LogP contribution < -0.4 is 24.8 Å². The van der Waals surface area contributed by atoms with Crippen LogP contribution in [0.4, 0.5) is 5.69 Å². The molecule has 0 aliphatic carbocycles. The highest BCUT2D eigenvalue weighted by molar-refractivity contribution is 6.30. The smallest absolute Gasteiger partial charge is 0.255 e. The predicted octanol–water partition coefficient (Wildman–Crippen LogP) is 4.02. The molecule has 0 bridgehead atoms. The molecule has 4 atom stereocenters. The minimum Gasteiger partial charge on any atom is -0.487 e. The fourth-order valence-corrected chi connectivity index (χ4v) is 5.42. The summed E-state index contributed by atoms with van der Waals surface area (Å²) < 4.78 is 22.9. The van der Waals surface area contributed by atoms with E-state index in [9.17, 15) is 14.7 Å². The highest BCUT2D eigenvalue weighted by atomic mass is 35.5. The molecule has 202 valence electrons. The van der Waals surface area contributed by atoms with Gasteiger partial charge in [0.1, 0.15) is 18.0 Å². The zero-order valence-electron chi connectivity index (χ0n) is 20.9. The summed E-state index contributed by atoms with van der Waals surface area (Å²) in [4.78, 5) is 25.6. The number of halogens is 1. The third-order valence-corrected chi connectivity index (χ3v) is 7.46. The van der Waals surface area contributed by atoms with Gasteiger partial charge in [0.15, 0.2) is 11.5 Å². The summed E-state index contributed by atoms with van der Waals surface area (Å²) in [6, 6.07) is 17.8. The van der Waals surface area contributed by atoms with Crippen molar-refractivity contribution in [2.75, 3.05) is 18.7 Å². The molecule has 39 heavy (non-hydrogen) atoms. The van der Waals surface area contributed by atoms with Crippen LogP contribution >= 0.6 is 11.6 Å². The molecule has 3 heterocycles. The van der Waals surface area contributed by atoms with Gasteiger partial charge in [-0.15, -0.1) is 0 Å². The van der Waals surface area contributed by atoms with Crippen molar-refractivity contribution in [3.05, 3.63) is 82.4 Å². The van der Waals surface area contributed by atoms with E-state index in [4.69, 9.17) is 30.5 Å². The molecule has 10 heteroatoms. The topological polar surface area (TPSA) is 115 Å². The molecule has 3 aliphatic heterocycles. The Hall–Kier alpha value is -3.79. The Balaban J connectivity index is 1.12. The van der Waals surface area contributed by atoms with Crippen LogP contribution in [-0.4, -0.2) is 48.6 Å². The Kier molecular flexibility index (Phi) is 7.03. The Labute approximate surface area is 230 Å². The molecule has 0 saturated carbocycles. The first kappa shape index (κ1) is 25.5. The second-order valence-corrected chi connectivity index (χ2v) is 10.2. The van der Waals surface area contributed by atoms with Crippen LogP contribution in [-0.2, 0) is 16.1 Å². The van der Waals surface area contributed by atoms with Gasteiger partial charge in [-0.1, -0.05) is 23.7 Å². The summed E-state index contributed by atoms with van der Waals surface area (Å²) in [6.07, 6.45) is -0.643. The minimum absolute atomic E-state index is 0.0950. The third-order valence-electron chi connectivity index (χ3n) is 7.21. The van der Waals surface area contributed by atoms with Gasteiger partial charge in [-0.2, -0.15) is 0 Å². The van der Waals surface area contributed by atoms with E-state index in [1.54, 1.807) is 36.4 Å². The molecule has 3 aliphatic rings. The number of hydrogen-bond donors (Lipinski definition) is 3. The van der Waals surface area contributed by atoms with Gasteiger partial charge in [-0.05, 0) is 60.5 Å². The maximum atomic E-state index is 12.9. The second-order valence-electron chi connectivity index (χ2n) is 9.79. The SMILES string of the molecule is O=C(C[C@H]1C[C@H]2c3cc(NC(=O)c4ccc5c(c4)OCO5)ccc3O[C@H]2[C@H](CO)O1)NCc1ccc(Cl)cc1. The number of carbonyl (C=O) groups excluding carboxylic acids is 2. The highest BCUT2D eigenvalue weighted by Gasteiger charge is 2.46. The monoisotopic (exact) mass is 550 g/mol. The summed E-state index contributed by atoms with van der Waals surface area (Å²) in [6.45, 7) is 0.291. The van der Waals surface area contributed by atoms with Crippen LogP contribution in [0, 0.1) is 0 Å². The molecule has 3 aromatic carbocycles. The summed E-state index contributed by atoms with van der Waals surface area (Å²) in [7, 11) is 0. The molecule has 1 saturated heterocycles. The fourth-order valence-electron chi connectivity index (χ4n) is 5.29. The van der Waals surface area contributed by atoms with E-state index >= 15 is 0 Å². The lowest BCUT2D eigenvalue weighted by Gasteiger charge is -2.37. The Bertz CT molecular complexity index is 1400. The molecule has 2 amide bonds. The number of nitrogens with one attached hydrogen (secondary N) is 2. The van der Waals surface area contributed by atoms with Crippen LogP contribution in [0.5, 0.6) is 17.2 Å². The Morgan fingerprint density at radius 1 is 0.974 bits per heavy atom. The average Bonchev–Trinajstić information content (AvgIpc) is 3.56. The number of benzene rings is 3. The van der Waals surface area contributed by atoms with Crippen LogP contribution in [0.2, 0.25) is 5.02 Å². The molecule has 0 spiro atoms. The summed E-state index contributed by atoms with van der Waals surface area (Å²) in [5.74, 6) is 1.31. The quantitative estimate of drug-likeness (QED) is 0.407. The van der Waals surface area contributed by atoms with E-state index in [1.807, 2.05) is 24.3 Å². The van der Waals surface area contributed by atoms with Gasteiger partial charge in [0.25, 0.3) is 5.91 Å². The first-order valence-electron chi connectivity index (χ1n) is 12.8. The molecule has 3 aromatic rings. The van der Waals surface area contributed by atoms with Gasteiger partial charge in [0.2, 0.25) is 12.7 Å². The van der Waals surface area contributed by atoms with Crippen molar-refractivity contribution >= 4 is 29.1 Å². The molecule has 0 unspecified atom stereocenters. The van der Waals surface area contributed by atoms with Gasteiger partial charge in [-0.3, -0.25) is 9.59 Å². The first-order valence-corrected chi connectivity index (χ1v) is 13.1. The second kappa shape index (κ2) is 10.8. The van der Waals surface area contributed by atoms with E-state index in [0.29, 0.717) is 46.5 Å². The number of carbonyl (C=O) groups is 2. The van der Waals surface area contributed by atoms with Crippen LogP contribution in [0.15, 0.2) is 60.7 Å². The largest absolute Gasteiger partial charge is 0.487 e. The number of amides is 2. The van der Waals surface area contributed by atoms with E-state index < -0.39 is 12.2 Å². The van der Waals surface area contributed by atoms with Crippen LogP contribution in [0.1, 0.15) is 40.2 Å². The van der Waals surface area contributed by atoms with Crippen molar-refractivity contribution in [2.45, 2.75) is 43.6 Å². The van der Waals surface area contributed by atoms with Crippen molar-refractivity contribution in [1.82, 2.24) is 5.32 Å². The maximum absolute atomic E-state index is 12.9. The van der Waals surface area contributed by atoms with Gasteiger partial charge < -0.3 is 34.7 Å². The fraction of sp³-hybridized carbons (Fsp3) is 0.310. The summed E-state index contributed by atoms with van der Waals surface area (Å²) in [5, 5.41) is 16.5. The molecular weight excluding hydrogens is 524 g/mol. The lowest BCUT2D eigenvalue weighted by Crippen LogP contribution is -2.47. The number of hydrogen-bond acceptors (Lipinski definition) is 7. The summed E-state index contributed by atoms with van der Waals surface area (Å²) >= 11 is 5.93. The average molecular weight is 551 g/mol. The highest BCUT2D eigenvalue weighted by Crippen LogP contribution is 2.47. The Morgan fingerprint density at radius 2 is 1.77 bits per heavy atom. The zero-order chi connectivity index (χ0) is 26.9. The number of rotatable bonds is 7. The lowest BCUT2D eigenvalue weighted by molar-refractivity contribution is -0.142. The normalized spacial score (nSPS) is 22.4. The number of aliphatic hydroxyl groups is 1. The predicted molar refractivity (Wildman–Crippen MR) is 142 cm³/mol. The Morgan fingerprint density at radius 3 is 2.59 bits per heavy atom. The number of fused-ring (bicyclic) bond motifs is 4. The van der Waals surface area contributed by atoms with Crippen molar-refractivity contribution in [1.29, 1.82) is 0 Å². The van der Waals surface area contributed by atoms with E-state index in [-0.39, 0.29) is 43.7 Å². The number of ether oxygens (including phenoxy) is 4. The number of aliphatic hydroxyl groups excluding tert-OH is 1. The summed E-state index contributed by atoms with van der Waals surface area (Å²) in [5.41, 5.74) is 2.92. The van der Waals surface area contributed by atoms with Crippen molar-refractivity contribution in [3.8, 4) is 17.2 Å². The molecule has 9 nitrogen and oxygen atoms in total. The zero-order valence-corrected chi connectivity index (χ0v) is 21.6. The van der Waals surface area contributed by atoms with Crippen LogP contribution in [0.3, 0.4) is 0 Å². The maximum Gasteiger partial charge on any atom is 0.255 e. The van der Waals surface area contributed by atoms with Gasteiger partial charge in [0, 0.05) is 34.3 Å². The first-order chi connectivity index (χ1) is 19.0. The molecule has 0 radical (unpaired) electrons. The van der Waals surface area contributed by atoms with Gasteiger partial charge in [0.05, 0.1) is 19.1 Å². The number of anilines is 1. The third kappa shape index (κ3) is 5.38. The van der Waals surface area contributed by atoms with E-state index in [0.717, 1.165) is 11.1 Å². The molecule has 3 N–H and O–H groups in total. The molecule has 0 aromatic heterocycles. The van der Waals surface area contributed by atoms with Gasteiger partial charge in [-0.25, -0.2) is 0 Å². The van der Waals surface area contributed by atoms with Crippen molar-refractivity contribution < 1.29 is 33.6 Å². The van der Waals surface area contributed by atoms with Gasteiger partial charge >= 0.3 is 0 Å². The van der Waals surface area contributed by atoms with E-state index in [2.05, 4.69) is 10.6 Å². The van der Waals surface area contributed by atoms with Crippen molar-refractivity contribution in [2.24, 2.45) is 0 Å².